The van der Waals surface area contributed by atoms with Crippen LogP contribution in [0.2, 0.25) is 0 Å². The average molecular weight is 247 g/mol. The number of nitrogen functional groups attached to an aromatic ring is 1. The molecule has 2 heterocycles. The van der Waals surface area contributed by atoms with Crippen molar-refractivity contribution in [3.8, 4) is 0 Å². The second-order valence-corrected chi connectivity index (χ2v) is 5.08. The Bertz CT molecular complexity index is 410. The van der Waals surface area contributed by atoms with Gasteiger partial charge >= 0.3 is 0 Å². The Balaban J connectivity index is 1.84. The molecule has 2 saturated heterocycles. The smallest absolute Gasteiger partial charge is 0.0642 e. The van der Waals surface area contributed by atoms with Crippen molar-refractivity contribution in [2.24, 2.45) is 0 Å². The molecule has 0 atom stereocenters. The molecule has 4 heteroatoms. The fourth-order valence-corrected chi connectivity index (χ4v) is 2.78. The fraction of sp³-hybridized carbons (Fsp3) is 0.571. The molecule has 2 N–H and O–H groups in total. The molecule has 0 spiro atoms. The van der Waals surface area contributed by atoms with E-state index in [0.29, 0.717) is 0 Å². The van der Waals surface area contributed by atoms with Crippen LogP contribution < -0.4 is 15.5 Å². The first kappa shape index (κ1) is 11.7. The van der Waals surface area contributed by atoms with E-state index in [-0.39, 0.29) is 0 Å². The maximum Gasteiger partial charge on any atom is 0.0642 e. The Morgan fingerprint density at radius 3 is 2.00 bits per heavy atom. The van der Waals surface area contributed by atoms with Crippen LogP contribution in [-0.2, 0) is 4.74 Å². The highest BCUT2D eigenvalue weighted by atomic mass is 16.5. The molecule has 2 aliphatic heterocycles. The highest BCUT2D eigenvalue weighted by Gasteiger charge is 2.16. The number of ether oxygens (including phenoxy) is 1. The minimum absolute atomic E-state index is 0.813. The molecule has 2 fully saturated rings. The topological polar surface area (TPSA) is 41.7 Å². The van der Waals surface area contributed by atoms with E-state index >= 15 is 0 Å². The summed E-state index contributed by atoms with van der Waals surface area (Å²) in [5, 5.41) is 0. The van der Waals surface area contributed by atoms with Gasteiger partial charge in [-0.2, -0.15) is 0 Å². The van der Waals surface area contributed by atoms with Crippen molar-refractivity contribution in [2.45, 2.75) is 12.8 Å². The number of rotatable bonds is 2. The van der Waals surface area contributed by atoms with E-state index in [1.807, 2.05) is 0 Å². The van der Waals surface area contributed by atoms with Gasteiger partial charge in [0.2, 0.25) is 0 Å². The molecule has 1 aromatic rings. The van der Waals surface area contributed by atoms with Gasteiger partial charge in [0.25, 0.3) is 0 Å². The van der Waals surface area contributed by atoms with Gasteiger partial charge in [-0.15, -0.1) is 0 Å². The Morgan fingerprint density at radius 1 is 0.833 bits per heavy atom. The van der Waals surface area contributed by atoms with Crippen molar-refractivity contribution >= 4 is 17.1 Å². The van der Waals surface area contributed by atoms with E-state index < -0.39 is 0 Å². The quantitative estimate of drug-likeness (QED) is 0.808. The first-order valence-electron chi connectivity index (χ1n) is 6.81. The first-order valence-corrected chi connectivity index (χ1v) is 6.81. The number of nitrogens with zero attached hydrogens (tertiary/aromatic N) is 2. The minimum atomic E-state index is 0.813. The van der Waals surface area contributed by atoms with Gasteiger partial charge in [-0.05, 0) is 31.0 Å². The molecule has 2 aliphatic rings. The molecule has 98 valence electrons. The highest BCUT2D eigenvalue weighted by Crippen LogP contribution is 2.29. The molecule has 0 aromatic heterocycles. The van der Waals surface area contributed by atoms with Gasteiger partial charge in [0.1, 0.15) is 0 Å². The van der Waals surface area contributed by atoms with Gasteiger partial charge in [0.05, 0.1) is 13.2 Å². The SMILES string of the molecule is Nc1cc(N2CCCC2)cc(N2CCOCC2)c1. The van der Waals surface area contributed by atoms with Gasteiger partial charge in [-0.1, -0.05) is 0 Å². The lowest BCUT2D eigenvalue weighted by atomic mass is 10.2. The molecule has 0 saturated carbocycles. The van der Waals surface area contributed by atoms with Crippen molar-refractivity contribution in [3.63, 3.8) is 0 Å². The molecule has 18 heavy (non-hydrogen) atoms. The third-order valence-electron chi connectivity index (χ3n) is 3.77. The van der Waals surface area contributed by atoms with Crippen molar-refractivity contribution in [1.29, 1.82) is 0 Å². The monoisotopic (exact) mass is 247 g/mol. The van der Waals surface area contributed by atoms with Crippen molar-refractivity contribution < 1.29 is 4.74 Å². The maximum absolute atomic E-state index is 6.05. The number of anilines is 3. The van der Waals surface area contributed by atoms with Crippen molar-refractivity contribution in [3.05, 3.63) is 18.2 Å². The molecule has 0 amide bonds. The number of hydrogen-bond acceptors (Lipinski definition) is 4. The summed E-state index contributed by atoms with van der Waals surface area (Å²) < 4.78 is 5.40. The van der Waals surface area contributed by atoms with Crippen LogP contribution in [-0.4, -0.2) is 39.4 Å². The molecular weight excluding hydrogens is 226 g/mol. The highest BCUT2D eigenvalue weighted by molar-refractivity contribution is 5.67. The summed E-state index contributed by atoms with van der Waals surface area (Å²) in [6.07, 6.45) is 2.59. The lowest BCUT2D eigenvalue weighted by molar-refractivity contribution is 0.122. The zero-order chi connectivity index (χ0) is 12.4. The molecule has 3 rings (SSSR count). The molecular formula is C14H21N3O. The predicted octanol–water partition coefficient (Wildman–Crippen LogP) is 1.71. The zero-order valence-corrected chi connectivity index (χ0v) is 10.8. The molecule has 0 radical (unpaired) electrons. The minimum Gasteiger partial charge on any atom is -0.399 e. The predicted molar refractivity (Wildman–Crippen MR) is 75.3 cm³/mol. The third kappa shape index (κ3) is 2.38. The summed E-state index contributed by atoms with van der Waals surface area (Å²) in [4.78, 5) is 4.79. The van der Waals surface area contributed by atoms with Crippen LogP contribution in [0.25, 0.3) is 0 Å². The lowest BCUT2D eigenvalue weighted by Gasteiger charge is -2.30. The average Bonchev–Trinajstić information content (AvgIpc) is 2.93. The molecule has 1 aromatic carbocycles. The summed E-state index contributed by atoms with van der Waals surface area (Å²) in [5.41, 5.74) is 9.42. The van der Waals surface area contributed by atoms with E-state index in [9.17, 15) is 0 Å². The molecule has 0 bridgehead atoms. The van der Waals surface area contributed by atoms with Crippen LogP contribution in [0.1, 0.15) is 12.8 Å². The largest absolute Gasteiger partial charge is 0.399 e. The molecule has 4 nitrogen and oxygen atoms in total. The molecule has 0 unspecified atom stereocenters. The number of hydrogen-bond donors (Lipinski definition) is 1. The molecule has 0 aliphatic carbocycles. The summed E-state index contributed by atoms with van der Waals surface area (Å²) in [6, 6.07) is 6.44. The van der Waals surface area contributed by atoms with Crippen LogP contribution in [0.5, 0.6) is 0 Å². The Labute approximate surface area is 108 Å². The van der Waals surface area contributed by atoms with Gasteiger partial charge in [-0.3, -0.25) is 0 Å². The lowest BCUT2D eigenvalue weighted by Crippen LogP contribution is -2.36. The van der Waals surface area contributed by atoms with Crippen LogP contribution in [0, 0.1) is 0 Å². The van der Waals surface area contributed by atoms with Crippen LogP contribution in [0.4, 0.5) is 17.1 Å². The van der Waals surface area contributed by atoms with E-state index in [1.165, 1.54) is 24.2 Å². The van der Waals surface area contributed by atoms with Gasteiger partial charge in [0.15, 0.2) is 0 Å². The van der Waals surface area contributed by atoms with Gasteiger partial charge in [-0.25, -0.2) is 0 Å². The first-order chi connectivity index (χ1) is 8.83. The van der Waals surface area contributed by atoms with E-state index in [2.05, 4.69) is 28.0 Å². The second-order valence-electron chi connectivity index (χ2n) is 5.08. The van der Waals surface area contributed by atoms with Gasteiger partial charge < -0.3 is 20.3 Å². The Kier molecular flexibility index (Phi) is 3.28. The summed E-state index contributed by atoms with van der Waals surface area (Å²) in [5.74, 6) is 0. The number of morpholine rings is 1. The van der Waals surface area contributed by atoms with E-state index in [1.54, 1.807) is 0 Å². The maximum atomic E-state index is 6.05. The second kappa shape index (κ2) is 5.06. The van der Waals surface area contributed by atoms with Crippen molar-refractivity contribution in [2.75, 3.05) is 54.9 Å². The summed E-state index contributed by atoms with van der Waals surface area (Å²) in [6.45, 7) is 5.87. The van der Waals surface area contributed by atoms with Crippen LogP contribution in [0.15, 0.2) is 18.2 Å². The van der Waals surface area contributed by atoms with Crippen LogP contribution >= 0.6 is 0 Å². The van der Waals surface area contributed by atoms with E-state index in [0.717, 1.165) is 45.1 Å². The van der Waals surface area contributed by atoms with Gasteiger partial charge in [0, 0.05) is 43.2 Å². The summed E-state index contributed by atoms with van der Waals surface area (Å²) >= 11 is 0. The van der Waals surface area contributed by atoms with E-state index in [4.69, 9.17) is 10.5 Å². The summed E-state index contributed by atoms with van der Waals surface area (Å²) in [7, 11) is 0. The number of nitrogens with two attached hydrogens (primary N) is 1. The zero-order valence-electron chi connectivity index (χ0n) is 10.8. The Morgan fingerprint density at radius 2 is 1.39 bits per heavy atom. The normalized spacial score (nSPS) is 20.4. The van der Waals surface area contributed by atoms with Crippen LogP contribution in [0.3, 0.4) is 0 Å². The third-order valence-corrected chi connectivity index (χ3v) is 3.77. The Hall–Kier alpha value is -1.42. The number of benzene rings is 1. The fourth-order valence-electron chi connectivity index (χ4n) is 2.78. The van der Waals surface area contributed by atoms with Crippen molar-refractivity contribution in [1.82, 2.24) is 0 Å². The standard InChI is InChI=1S/C14H21N3O/c15-12-9-13(16-3-1-2-4-16)11-14(10-12)17-5-7-18-8-6-17/h9-11H,1-8,15H2.